The molecule has 8 nitrogen and oxygen atoms in total. The molecule has 0 spiro atoms. The molecule has 9 heteroatoms. The van der Waals surface area contributed by atoms with E-state index in [2.05, 4.69) is 9.71 Å². The third-order valence-electron chi connectivity index (χ3n) is 3.75. The maximum atomic E-state index is 12.4. The van der Waals surface area contributed by atoms with E-state index in [-0.39, 0.29) is 23.1 Å². The first-order chi connectivity index (χ1) is 11.3. The fraction of sp³-hybridized carbons (Fsp3) is 0.333. The largest absolute Gasteiger partial charge is 0.420 e. The molecule has 0 bridgehead atoms. The second-order valence-electron chi connectivity index (χ2n) is 5.74. The average Bonchev–Trinajstić information content (AvgIpc) is 3.06. The van der Waals surface area contributed by atoms with E-state index < -0.39 is 15.8 Å². The van der Waals surface area contributed by atoms with E-state index in [0.717, 1.165) is 0 Å². The molecule has 0 radical (unpaired) electrons. The first-order valence-electron chi connectivity index (χ1n) is 7.40. The molecule has 3 aromatic rings. The standard InChI is InChI=1S/C15H18N4O4S/c1-10(2)19-12-5-4-11(8-13(12)23-15(19)20)24(21,22)17-9-14-16-6-7-18(14)3/h4-8,10,17H,9H2,1-3H3. The highest BCUT2D eigenvalue weighted by Crippen LogP contribution is 2.21. The van der Waals surface area contributed by atoms with Crippen molar-refractivity contribution in [2.24, 2.45) is 7.05 Å². The van der Waals surface area contributed by atoms with Crippen molar-refractivity contribution in [3.05, 3.63) is 47.0 Å². The summed E-state index contributed by atoms with van der Waals surface area (Å²) in [5.74, 6) is 0.0904. The Morgan fingerprint density at radius 1 is 1.33 bits per heavy atom. The highest BCUT2D eigenvalue weighted by molar-refractivity contribution is 7.89. The molecule has 3 rings (SSSR count). The Balaban J connectivity index is 1.93. The van der Waals surface area contributed by atoms with Crippen molar-refractivity contribution in [1.29, 1.82) is 0 Å². The van der Waals surface area contributed by atoms with Gasteiger partial charge in [-0.25, -0.2) is 22.9 Å². The van der Waals surface area contributed by atoms with Crippen LogP contribution >= 0.6 is 0 Å². The number of nitrogens with zero attached hydrogens (tertiary/aromatic N) is 3. The minimum Gasteiger partial charge on any atom is -0.408 e. The molecule has 24 heavy (non-hydrogen) atoms. The molecule has 1 N–H and O–H groups in total. The maximum Gasteiger partial charge on any atom is 0.420 e. The number of hydrogen-bond donors (Lipinski definition) is 1. The molecule has 2 aromatic heterocycles. The molecule has 0 saturated carbocycles. The van der Waals surface area contributed by atoms with Gasteiger partial charge in [-0.05, 0) is 26.0 Å². The number of benzene rings is 1. The van der Waals surface area contributed by atoms with Crippen LogP contribution in [0.1, 0.15) is 25.7 Å². The SMILES string of the molecule is CC(C)n1c(=O)oc2cc(S(=O)(=O)NCc3nccn3C)ccc21. The Labute approximate surface area is 138 Å². The zero-order valence-electron chi connectivity index (χ0n) is 13.6. The Bertz CT molecular complexity index is 1040. The number of oxazole rings is 1. The molecule has 1 aromatic carbocycles. The number of fused-ring (bicyclic) bond motifs is 1. The van der Waals surface area contributed by atoms with E-state index in [1.807, 2.05) is 13.8 Å². The zero-order chi connectivity index (χ0) is 17.5. The molecule has 0 amide bonds. The van der Waals surface area contributed by atoms with Crippen LogP contribution in [-0.4, -0.2) is 22.5 Å². The molecular weight excluding hydrogens is 332 g/mol. The summed E-state index contributed by atoms with van der Waals surface area (Å²) in [6.07, 6.45) is 3.33. The highest BCUT2D eigenvalue weighted by atomic mass is 32.2. The fourth-order valence-electron chi connectivity index (χ4n) is 2.48. The van der Waals surface area contributed by atoms with Gasteiger partial charge >= 0.3 is 5.76 Å². The number of sulfonamides is 1. The van der Waals surface area contributed by atoms with Crippen LogP contribution in [0.3, 0.4) is 0 Å². The molecule has 0 fully saturated rings. The van der Waals surface area contributed by atoms with E-state index in [4.69, 9.17) is 4.42 Å². The third-order valence-corrected chi connectivity index (χ3v) is 5.15. The van der Waals surface area contributed by atoms with Crippen LogP contribution in [0, 0.1) is 0 Å². The molecule has 0 aliphatic carbocycles. The van der Waals surface area contributed by atoms with Crippen LogP contribution < -0.4 is 10.5 Å². The summed E-state index contributed by atoms with van der Waals surface area (Å²) in [4.78, 5) is 16.0. The van der Waals surface area contributed by atoms with Crippen LogP contribution in [0.15, 0.2) is 44.7 Å². The topological polar surface area (TPSA) is 99.1 Å². The van der Waals surface area contributed by atoms with Gasteiger partial charge in [-0.1, -0.05) is 0 Å². The van der Waals surface area contributed by atoms with E-state index in [0.29, 0.717) is 11.3 Å². The van der Waals surface area contributed by atoms with Gasteiger partial charge in [0.05, 0.1) is 17.0 Å². The minimum atomic E-state index is -3.74. The Kier molecular flexibility index (Phi) is 4.06. The first-order valence-corrected chi connectivity index (χ1v) is 8.89. The van der Waals surface area contributed by atoms with Crippen LogP contribution in [0.2, 0.25) is 0 Å². The normalized spacial score (nSPS) is 12.3. The van der Waals surface area contributed by atoms with E-state index >= 15 is 0 Å². The van der Waals surface area contributed by atoms with Crippen molar-refractivity contribution in [1.82, 2.24) is 18.8 Å². The van der Waals surface area contributed by atoms with Crippen molar-refractivity contribution in [3.63, 3.8) is 0 Å². The van der Waals surface area contributed by atoms with Gasteiger partial charge in [-0.2, -0.15) is 0 Å². The fourth-order valence-corrected chi connectivity index (χ4v) is 3.48. The number of imidazole rings is 1. The van der Waals surface area contributed by atoms with Crippen molar-refractivity contribution in [2.75, 3.05) is 0 Å². The van der Waals surface area contributed by atoms with Gasteiger partial charge in [0.1, 0.15) is 5.82 Å². The number of rotatable bonds is 5. The quantitative estimate of drug-likeness (QED) is 0.749. The van der Waals surface area contributed by atoms with Crippen LogP contribution in [0.5, 0.6) is 0 Å². The predicted octanol–water partition coefficient (Wildman–Crippen LogP) is 1.39. The van der Waals surface area contributed by atoms with Gasteiger partial charge in [0.25, 0.3) is 0 Å². The summed E-state index contributed by atoms with van der Waals surface area (Å²) >= 11 is 0. The van der Waals surface area contributed by atoms with Gasteiger partial charge in [0.2, 0.25) is 10.0 Å². The monoisotopic (exact) mass is 350 g/mol. The lowest BCUT2D eigenvalue weighted by molar-refractivity contribution is 0.478. The van der Waals surface area contributed by atoms with Crippen molar-refractivity contribution >= 4 is 21.1 Å². The Hall–Kier alpha value is -2.39. The minimum absolute atomic E-state index is 0.0360. The zero-order valence-corrected chi connectivity index (χ0v) is 14.4. The number of aromatic nitrogens is 3. The second kappa shape index (κ2) is 5.91. The predicted molar refractivity (Wildman–Crippen MR) is 88.1 cm³/mol. The van der Waals surface area contributed by atoms with Crippen LogP contribution in [0.25, 0.3) is 11.1 Å². The molecule has 0 saturated heterocycles. The van der Waals surface area contributed by atoms with E-state index in [1.165, 1.54) is 16.7 Å². The molecule has 128 valence electrons. The molecule has 0 aliphatic rings. The molecule has 0 aliphatic heterocycles. The smallest absolute Gasteiger partial charge is 0.408 e. The summed E-state index contributed by atoms with van der Waals surface area (Å²) in [7, 11) is -1.96. The highest BCUT2D eigenvalue weighted by Gasteiger charge is 2.19. The van der Waals surface area contributed by atoms with Gasteiger partial charge in [0.15, 0.2) is 5.58 Å². The summed E-state index contributed by atoms with van der Waals surface area (Å²) in [5.41, 5.74) is 0.812. The second-order valence-corrected chi connectivity index (χ2v) is 7.51. The van der Waals surface area contributed by atoms with Gasteiger partial charge < -0.3 is 8.98 Å². The van der Waals surface area contributed by atoms with Crippen molar-refractivity contribution in [2.45, 2.75) is 31.3 Å². The van der Waals surface area contributed by atoms with E-state index in [1.54, 1.807) is 30.1 Å². The van der Waals surface area contributed by atoms with Gasteiger partial charge in [0, 0.05) is 31.5 Å². The Morgan fingerprint density at radius 3 is 2.71 bits per heavy atom. The molecule has 2 heterocycles. The van der Waals surface area contributed by atoms with Crippen LogP contribution in [0.4, 0.5) is 0 Å². The molecule has 0 unspecified atom stereocenters. The average molecular weight is 350 g/mol. The summed E-state index contributed by atoms with van der Waals surface area (Å²) in [5, 5.41) is 0. The van der Waals surface area contributed by atoms with Gasteiger partial charge in [-0.3, -0.25) is 4.57 Å². The Morgan fingerprint density at radius 2 is 2.08 bits per heavy atom. The maximum absolute atomic E-state index is 12.4. The number of nitrogens with one attached hydrogen (secondary N) is 1. The van der Waals surface area contributed by atoms with Crippen molar-refractivity contribution < 1.29 is 12.8 Å². The number of aryl methyl sites for hydroxylation is 1. The van der Waals surface area contributed by atoms with Crippen molar-refractivity contribution in [3.8, 4) is 0 Å². The van der Waals surface area contributed by atoms with Crippen LogP contribution in [-0.2, 0) is 23.6 Å². The summed E-state index contributed by atoms with van der Waals surface area (Å²) in [6.45, 7) is 3.78. The lowest BCUT2D eigenvalue weighted by Gasteiger charge is -2.08. The summed E-state index contributed by atoms with van der Waals surface area (Å²) < 4.78 is 35.7. The number of hydrogen-bond acceptors (Lipinski definition) is 5. The van der Waals surface area contributed by atoms with Gasteiger partial charge in [-0.15, -0.1) is 0 Å². The molecule has 0 atom stereocenters. The lowest BCUT2D eigenvalue weighted by atomic mass is 10.3. The first kappa shape index (κ1) is 16.5. The third kappa shape index (κ3) is 2.87. The molecular formula is C15H18N4O4S. The van der Waals surface area contributed by atoms with E-state index in [9.17, 15) is 13.2 Å². The lowest BCUT2D eigenvalue weighted by Crippen LogP contribution is -2.24. The summed E-state index contributed by atoms with van der Waals surface area (Å²) in [6, 6.07) is 4.31.